The number of anilines is 1. The Morgan fingerprint density at radius 2 is 1.80 bits per heavy atom. The third kappa shape index (κ3) is 6.50. The molecule has 0 aliphatic rings. The number of nitriles is 1. The van der Waals surface area contributed by atoms with Gasteiger partial charge < -0.3 is 19.5 Å². The molecule has 1 N–H and O–H groups in total. The first-order valence-corrected chi connectivity index (χ1v) is 10.5. The van der Waals surface area contributed by atoms with Gasteiger partial charge in [-0.2, -0.15) is 5.26 Å². The highest BCUT2D eigenvalue weighted by molar-refractivity contribution is 6.32. The maximum Gasteiger partial charge on any atom is 0.269 e. The normalized spacial score (nSPS) is 10.7. The van der Waals surface area contributed by atoms with Crippen molar-refractivity contribution >= 4 is 40.5 Å². The second-order valence-electron chi connectivity index (χ2n) is 7.07. The highest BCUT2D eigenvalue weighted by atomic mass is 35.5. The van der Waals surface area contributed by atoms with Crippen molar-refractivity contribution in [3.8, 4) is 23.3 Å². The number of carbonyl (C=O) groups is 1. The van der Waals surface area contributed by atoms with Crippen molar-refractivity contribution < 1.29 is 23.9 Å². The van der Waals surface area contributed by atoms with E-state index in [1.807, 2.05) is 0 Å². The first-order chi connectivity index (χ1) is 16.8. The summed E-state index contributed by atoms with van der Waals surface area (Å²) in [4.78, 5) is 22.6. The van der Waals surface area contributed by atoms with Crippen molar-refractivity contribution in [3.63, 3.8) is 0 Å². The molecular weight excluding hydrogens is 474 g/mol. The van der Waals surface area contributed by atoms with E-state index in [1.54, 1.807) is 49.6 Å². The molecule has 0 saturated heterocycles. The number of non-ortho nitro benzene ring substituents is 1. The van der Waals surface area contributed by atoms with Gasteiger partial charge in [0.1, 0.15) is 5.75 Å². The number of nitro groups is 1. The fraction of sp³-hybridized carbons (Fsp3) is 0.120. The van der Waals surface area contributed by atoms with Crippen LogP contribution in [0.15, 0.2) is 60.7 Å². The largest absolute Gasteiger partial charge is 0.497 e. The number of hydrogen-bond donors (Lipinski definition) is 1. The molecular formula is C25H20ClN3O6. The number of nitro benzene ring substituents is 1. The van der Waals surface area contributed by atoms with Crippen LogP contribution in [0.4, 0.5) is 11.4 Å². The fourth-order valence-corrected chi connectivity index (χ4v) is 3.36. The van der Waals surface area contributed by atoms with Gasteiger partial charge in [-0.15, -0.1) is 0 Å². The van der Waals surface area contributed by atoms with Gasteiger partial charge in [0.05, 0.1) is 35.8 Å². The summed E-state index contributed by atoms with van der Waals surface area (Å²) in [7, 11) is 2.97. The van der Waals surface area contributed by atoms with Crippen molar-refractivity contribution in [3.05, 3.63) is 86.9 Å². The Hall–Kier alpha value is -4.55. The Bertz CT molecular complexity index is 1300. The van der Waals surface area contributed by atoms with E-state index in [4.69, 9.17) is 25.8 Å². The molecule has 178 valence electrons. The predicted molar refractivity (Wildman–Crippen MR) is 132 cm³/mol. The van der Waals surface area contributed by atoms with Gasteiger partial charge in [0.15, 0.2) is 18.1 Å². The van der Waals surface area contributed by atoms with E-state index in [9.17, 15) is 20.2 Å². The van der Waals surface area contributed by atoms with E-state index in [0.717, 1.165) is 0 Å². The van der Waals surface area contributed by atoms with Crippen molar-refractivity contribution in [2.45, 2.75) is 0 Å². The summed E-state index contributed by atoms with van der Waals surface area (Å²) >= 11 is 6.38. The van der Waals surface area contributed by atoms with Gasteiger partial charge in [-0.05, 0) is 65.7 Å². The van der Waals surface area contributed by atoms with Gasteiger partial charge in [0, 0.05) is 17.8 Å². The number of rotatable bonds is 9. The molecule has 0 unspecified atom stereocenters. The van der Waals surface area contributed by atoms with Crippen molar-refractivity contribution in [2.75, 3.05) is 26.1 Å². The Morgan fingerprint density at radius 1 is 1.11 bits per heavy atom. The number of methoxy groups -OCH3 is 2. The van der Waals surface area contributed by atoms with Crippen LogP contribution in [-0.4, -0.2) is 31.7 Å². The third-order valence-electron chi connectivity index (χ3n) is 4.79. The van der Waals surface area contributed by atoms with Gasteiger partial charge in [-0.25, -0.2) is 0 Å². The molecule has 10 heteroatoms. The average molecular weight is 494 g/mol. The number of amides is 1. The first kappa shape index (κ1) is 25.1. The zero-order valence-electron chi connectivity index (χ0n) is 18.8. The lowest BCUT2D eigenvalue weighted by Crippen LogP contribution is -2.20. The summed E-state index contributed by atoms with van der Waals surface area (Å²) in [6.45, 7) is -0.316. The molecule has 1 amide bonds. The predicted octanol–water partition coefficient (Wildman–Crippen LogP) is 5.35. The van der Waals surface area contributed by atoms with Crippen LogP contribution in [0.25, 0.3) is 11.6 Å². The van der Waals surface area contributed by atoms with Crippen LogP contribution in [0.5, 0.6) is 17.2 Å². The minimum absolute atomic E-state index is 0.0757. The van der Waals surface area contributed by atoms with Gasteiger partial charge in [-0.3, -0.25) is 14.9 Å². The second-order valence-corrected chi connectivity index (χ2v) is 7.48. The highest BCUT2D eigenvalue weighted by Crippen LogP contribution is 2.37. The molecule has 0 aliphatic carbocycles. The third-order valence-corrected chi connectivity index (χ3v) is 5.07. The smallest absolute Gasteiger partial charge is 0.269 e. The summed E-state index contributed by atoms with van der Waals surface area (Å²) in [6, 6.07) is 17.7. The number of carbonyl (C=O) groups excluding carboxylic acids is 1. The summed E-state index contributed by atoms with van der Waals surface area (Å²) < 4.78 is 16.0. The molecule has 0 saturated carbocycles. The molecule has 0 radical (unpaired) electrons. The molecule has 9 nitrogen and oxygen atoms in total. The van der Waals surface area contributed by atoms with Gasteiger partial charge in [0.25, 0.3) is 11.6 Å². The molecule has 0 aliphatic heterocycles. The number of allylic oxidation sites excluding steroid dienone is 1. The lowest BCUT2D eigenvalue weighted by atomic mass is 10.0. The van der Waals surface area contributed by atoms with Crippen LogP contribution in [0.3, 0.4) is 0 Å². The molecule has 3 rings (SSSR count). The van der Waals surface area contributed by atoms with Crippen molar-refractivity contribution in [1.82, 2.24) is 0 Å². The Kier molecular flexibility index (Phi) is 8.27. The second kappa shape index (κ2) is 11.5. The zero-order chi connectivity index (χ0) is 25.4. The quantitative estimate of drug-likeness (QED) is 0.184. The number of halogens is 1. The van der Waals surface area contributed by atoms with Crippen LogP contribution in [0.1, 0.15) is 11.1 Å². The maximum absolute atomic E-state index is 12.3. The van der Waals surface area contributed by atoms with E-state index in [1.165, 1.54) is 31.4 Å². The Labute approximate surface area is 206 Å². The SMILES string of the molecule is COc1ccc(NC(=O)COc2c(Cl)cc(C=C(C#N)c3ccc([N+](=O)[O-])cc3)cc2OC)cc1. The lowest BCUT2D eigenvalue weighted by molar-refractivity contribution is -0.384. The van der Waals surface area contributed by atoms with E-state index in [0.29, 0.717) is 22.6 Å². The monoisotopic (exact) mass is 493 g/mol. The molecule has 0 spiro atoms. The minimum Gasteiger partial charge on any atom is -0.497 e. The zero-order valence-corrected chi connectivity index (χ0v) is 19.5. The molecule has 0 heterocycles. The summed E-state index contributed by atoms with van der Waals surface area (Å²) in [5.74, 6) is 0.701. The summed E-state index contributed by atoms with van der Waals surface area (Å²) in [5, 5.41) is 23.3. The molecule has 0 bridgehead atoms. The van der Waals surface area contributed by atoms with Gasteiger partial charge in [0.2, 0.25) is 0 Å². The number of nitrogens with zero attached hydrogens (tertiary/aromatic N) is 2. The van der Waals surface area contributed by atoms with Crippen molar-refractivity contribution in [1.29, 1.82) is 5.26 Å². The van der Waals surface area contributed by atoms with Gasteiger partial charge in [-0.1, -0.05) is 11.6 Å². The number of ether oxygens (including phenoxy) is 3. The van der Waals surface area contributed by atoms with E-state index >= 15 is 0 Å². The number of hydrogen-bond acceptors (Lipinski definition) is 7. The standard InChI is InChI=1S/C25H20ClN3O6/c1-33-21-9-5-19(6-10-21)28-24(30)15-35-25-22(26)12-16(13-23(25)34-2)11-18(14-27)17-3-7-20(8-4-17)29(31)32/h3-13H,15H2,1-2H3,(H,28,30). The van der Waals surface area contributed by atoms with Crippen LogP contribution in [0, 0.1) is 21.4 Å². The molecule has 3 aromatic carbocycles. The molecule has 0 atom stereocenters. The Morgan fingerprint density at radius 3 is 2.37 bits per heavy atom. The average Bonchev–Trinajstić information content (AvgIpc) is 2.86. The maximum atomic E-state index is 12.3. The molecule has 0 aromatic heterocycles. The molecule has 3 aromatic rings. The van der Waals surface area contributed by atoms with E-state index in [2.05, 4.69) is 11.4 Å². The molecule has 0 fully saturated rings. The highest BCUT2D eigenvalue weighted by Gasteiger charge is 2.15. The van der Waals surface area contributed by atoms with Crippen LogP contribution in [0.2, 0.25) is 5.02 Å². The number of benzene rings is 3. The van der Waals surface area contributed by atoms with E-state index in [-0.39, 0.29) is 34.4 Å². The van der Waals surface area contributed by atoms with Crippen LogP contribution >= 0.6 is 11.6 Å². The lowest BCUT2D eigenvalue weighted by Gasteiger charge is -2.14. The fourth-order valence-electron chi connectivity index (χ4n) is 3.08. The van der Waals surface area contributed by atoms with Crippen LogP contribution < -0.4 is 19.5 Å². The Balaban J connectivity index is 1.76. The topological polar surface area (TPSA) is 124 Å². The van der Waals surface area contributed by atoms with Crippen LogP contribution in [-0.2, 0) is 4.79 Å². The summed E-state index contributed by atoms with van der Waals surface area (Å²) in [5.41, 5.74) is 1.81. The first-order valence-electron chi connectivity index (χ1n) is 10.2. The molecule has 35 heavy (non-hydrogen) atoms. The number of nitrogens with one attached hydrogen (secondary N) is 1. The minimum atomic E-state index is -0.514. The van der Waals surface area contributed by atoms with Gasteiger partial charge >= 0.3 is 0 Å². The summed E-state index contributed by atoms with van der Waals surface area (Å²) in [6.07, 6.45) is 1.57. The van der Waals surface area contributed by atoms with E-state index < -0.39 is 10.8 Å². The van der Waals surface area contributed by atoms with Crippen molar-refractivity contribution in [2.24, 2.45) is 0 Å².